The highest BCUT2D eigenvalue weighted by Crippen LogP contribution is 2.33. The number of carboxylic acid groups (broad SMARTS) is 1. The monoisotopic (exact) mass is 706 g/mol. The topological polar surface area (TPSA) is 105 Å². The molecule has 6 rings (SSSR count). The lowest BCUT2D eigenvalue weighted by Crippen LogP contribution is -2.47. The molecule has 1 aromatic heterocycles. The van der Waals surface area contributed by atoms with Crippen molar-refractivity contribution in [1.82, 2.24) is 18.3 Å². The molecule has 0 radical (unpaired) electrons. The third-order valence-corrected chi connectivity index (χ3v) is 11.0. The molecule has 1 saturated heterocycles. The van der Waals surface area contributed by atoms with Crippen molar-refractivity contribution in [1.29, 1.82) is 0 Å². The van der Waals surface area contributed by atoms with Crippen molar-refractivity contribution in [2.24, 2.45) is 0 Å². The molecule has 0 aliphatic carbocycles. The first-order valence-corrected chi connectivity index (χ1v) is 17.8. The van der Waals surface area contributed by atoms with E-state index < -0.39 is 50.5 Å². The number of amides is 1. The Morgan fingerprint density at radius 3 is 1.94 bits per heavy atom. The number of benzene rings is 4. The first kappa shape index (κ1) is 35.0. The summed E-state index contributed by atoms with van der Waals surface area (Å²) in [5.74, 6) is 0. The average Bonchev–Trinajstić information content (AvgIpc) is 3.41. The van der Waals surface area contributed by atoms with Crippen LogP contribution in [0.3, 0.4) is 0 Å². The fourth-order valence-corrected chi connectivity index (χ4v) is 8.29. The van der Waals surface area contributed by atoms with Crippen LogP contribution in [0.1, 0.15) is 48.4 Å². The van der Waals surface area contributed by atoms with Gasteiger partial charge in [0.2, 0.25) is 0 Å². The fraction of sp³-hybridized carbons (Fsp3) is 0.297. The molecule has 0 saturated carbocycles. The Labute approximate surface area is 287 Å². The SMILES string of the molecule is O=C(O)N1CC[C@H](n2c(=O)n(S(=O)(=O)c3ccc(C(F)(F)F)cc3)c3ccccc32)C[C@@H]1CCCN(Cc1ccccc1)Cc1ccccc1. The first-order valence-electron chi connectivity index (χ1n) is 16.4. The number of piperidine rings is 1. The Morgan fingerprint density at radius 1 is 0.820 bits per heavy atom. The Balaban J connectivity index is 1.25. The Kier molecular flexibility index (Phi) is 10.2. The van der Waals surface area contributed by atoms with Gasteiger partial charge in [-0.25, -0.2) is 18.0 Å². The molecule has 1 amide bonds. The molecule has 2 atom stereocenters. The standard InChI is InChI=1S/C37H37F3N4O5S/c38-37(39,40)29-17-19-32(20-18-29)50(48,49)44-34-16-8-7-15-33(34)43(35(44)45)31-21-23-42(36(46)47)30(24-31)14-9-22-41(25-27-10-3-1-4-11-27)26-28-12-5-2-6-13-28/h1-8,10-13,15-20,30-31H,9,14,21-26H2,(H,46,47)/t30-,31-/m0/s1. The van der Waals surface area contributed by atoms with Crippen LogP contribution in [-0.2, 0) is 29.3 Å². The number of halogens is 3. The number of hydrogen-bond acceptors (Lipinski definition) is 5. The summed E-state index contributed by atoms with van der Waals surface area (Å²) in [4.78, 5) is 29.6. The largest absolute Gasteiger partial charge is 0.465 e. The zero-order chi connectivity index (χ0) is 35.5. The molecular weight excluding hydrogens is 669 g/mol. The van der Waals surface area contributed by atoms with Crippen molar-refractivity contribution in [2.75, 3.05) is 13.1 Å². The molecule has 1 fully saturated rings. The lowest BCUT2D eigenvalue weighted by atomic mass is 9.93. The summed E-state index contributed by atoms with van der Waals surface area (Å²) in [7, 11) is -4.58. The highest BCUT2D eigenvalue weighted by atomic mass is 32.2. The fourth-order valence-electron chi connectivity index (χ4n) is 6.89. The third kappa shape index (κ3) is 7.48. The molecule has 1 aliphatic rings. The van der Waals surface area contributed by atoms with Crippen molar-refractivity contribution in [2.45, 2.75) is 61.9 Å². The maximum absolute atomic E-state index is 14.0. The van der Waals surface area contributed by atoms with E-state index in [0.29, 0.717) is 54.1 Å². The van der Waals surface area contributed by atoms with E-state index in [9.17, 15) is 36.3 Å². The summed E-state index contributed by atoms with van der Waals surface area (Å²) in [5.41, 5.74) is 0.899. The lowest BCUT2D eigenvalue weighted by Gasteiger charge is -2.38. The molecule has 1 aliphatic heterocycles. The first-order chi connectivity index (χ1) is 23.9. The second-order valence-electron chi connectivity index (χ2n) is 12.6. The molecular formula is C37H37F3N4O5S. The van der Waals surface area contributed by atoms with Crippen LogP contribution in [0.25, 0.3) is 11.0 Å². The zero-order valence-electron chi connectivity index (χ0n) is 27.1. The molecule has 13 heteroatoms. The molecule has 262 valence electrons. The molecule has 9 nitrogen and oxygen atoms in total. The molecule has 50 heavy (non-hydrogen) atoms. The van der Waals surface area contributed by atoms with Crippen LogP contribution in [0.15, 0.2) is 119 Å². The van der Waals surface area contributed by atoms with E-state index in [1.807, 2.05) is 36.4 Å². The van der Waals surface area contributed by atoms with Gasteiger partial charge in [-0.2, -0.15) is 17.1 Å². The highest BCUT2D eigenvalue weighted by Gasteiger charge is 2.36. The minimum atomic E-state index is -4.65. The number of rotatable bonds is 11. The summed E-state index contributed by atoms with van der Waals surface area (Å²) in [6, 6.07) is 28.7. The molecule has 5 aromatic rings. The number of likely N-dealkylation sites (tertiary alicyclic amines) is 1. The van der Waals surface area contributed by atoms with E-state index in [-0.39, 0.29) is 24.9 Å². The normalized spacial score (nSPS) is 17.0. The third-order valence-electron chi connectivity index (χ3n) is 9.27. The average molecular weight is 707 g/mol. The second-order valence-corrected chi connectivity index (χ2v) is 14.4. The number of alkyl halides is 3. The van der Waals surface area contributed by atoms with Gasteiger partial charge in [-0.05, 0) is 79.8 Å². The van der Waals surface area contributed by atoms with Crippen LogP contribution in [-0.4, -0.2) is 57.1 Å². The van der Waals surface area contributed by atoms with Gasteiger partial charge < -0.3 is 10.0 Å². The number of carbonyl (C=O) groups is 1. The molecule has 4 aromatic carbocycles. The second kappa shape index (κ2) is 14.5. The van der Waals surface area contributed by atoms with Crippen molar-refractivity contribution >= 4 is 27.1 Å². The molecule has 0 bridgehead atoms. The van der Waals surface area contributed by atoms with Crippen LogP contribution in [0.5, 0.6) is 0 Å². The van der Waals surface area contributed by atoms with Crippen LogP contribution in [0.2, 0.25) is 0 Å². The van der Waals surface area contributed by atoms with E-state index in [1.165, 1.54) is 15.5 Å². The molecule has 0 unspecified atom stereocenters. The van der Waals surface area contributed by atoms with E-state index in [1.54, 1.807) is 18.2 Å². The lowest BCUT2D eigenvalue weighted by molar-refractivity contribution is -0.137. The smallest absolute Gasteiger partial charge is 0.416 e. The predicted octanol–water partition coefficient (Wildman–Crippen LogP) is 7.22. The number of aromatic nitrogens is 2. The van der Waals surface area contributed by atoms with E-state index >= 15 is 0 Å². The van der Waals surface area contributed by atoms with E-state index in [4.69, 9.17) is 0 Å². The number of imidazole rings is 1. The number of hydrogen-bond donors (Lipinski definition) is 1. The minimum absolute atomic E-state index is 0.0899. The van der Waals surface area contributed by atoms with Crippen LogP contribution in [0, 0.1) is 0 Å². The van der Waals surface area contributed by atoms with Gasteiger partial charge in [0, 0.05) is 31.7 Å². The van der Waals surface area contributed by atoms with Crippen molar-refractivity contribution < 1.29 is 31.5 Å². The Hall–Kier alpha value is -4.88. The van der Waals surface area contributed by atoms with E-state index in [2.05, 4.69) is 29.2 Å². The van der Waals surface area contributed by atoms with Crippen molar-refractivity contribution in [3.63, 3.8) is 0 Å². The summed E-state index contributed by atoms with van der Waals surface area (Å²) in [6.45, 7) is 2.28. The van der Waals surface area contributed by atoms with Gasteiger partial charge in [0.05, 0.1) is 21.5 Å². The number of para-hydroxylation sites is 2. The number of nitrogens with zero attached hydrogens (tertiary/aromatic N) is 4. The predicted molar refractivity (Wildman–Crippen MR) is 183 cm³/mol. The van der Waals surface area contributed by atoms with Gasteiger partial charge in [0.15, 0.2) is 0 Å². The van der Waals surface area contributed by atoms with Crippen LogP contribution < -0.4 is 5.69 Å². The Morgan fingerprint density at radius 2 is 1.38 bits per heavy atom. The van der Waals surface area contributed by atoms with Crippen molar-refractivity contribution in [3.8, 4) is 0 Å². The summed E-state index contributed by atoms with van der Waals surface area (Å²) in [5, 5.41) is 10.1. The van der Waals surface area contributed by atoms with Gasteiger partial charge >= 0.3 is 18.0 Å². The summed E-state index contributed by atoms with van der Waals surface area (Å²) >= 11 is 0. The number of fused-ring (bicyclic) bond motifs is 1. The van der Waals surface area contributed by atoms with Gasteiger partial charge in [-0.1, -0.05) is 72.8 Å². The van der Waals surface area contributed by atoms with Gasteiger partial charge in [-0.15, -0.1) is 0 Å². The maximum Gasteiger partial charge on any atom is 0.416 e. The molecule has 1 N–H and O–H groups in total. The quantitative estimate of drug-likeness (QED) is 0.156. The van der Waals surface area contributed by atoms with Crippen molar-refractivity contribution in [3.05, 3.63) is 136 Å². The maximum atomic E-state index is 14.0. The van der Waals surface area contributed by atoms with Crippen LogP contribution in [0.4, 0.5) is 18.0 Å². The minimum Gasteiger partial charge on any atom is -0.465 e. The van der Waals surface area contributed by atoms with E-state index in [0.717, 1.165) is 23.3 Å². The summed E-state index contributed by atoms with van der Waals surface area (Å²) in [6.07, 6.45) is -3.93. The van der Waals surface area contributed by atoms with Crippen LogP contribution >= 0.6 is 0 Å². The van der Waals surface area contributed by atoms with Gasteiger partial charge in [-0.3, -0.25) is 9.47 Å². The summed E-state index contributed by atoms with van der Waals surface area (Å²) < 4.78 is 69.1. The van der Waals surface area contributed by atoms with Gasteiger partial charge in [0.25, 0.3) is 10.0 Å². The molecule has 2 heterocycles. The zero-order valence-corrected chi connectivity index (χ0v) is 27.9. The molecule has 0 spiro atoms. The highest BCUT2D eigenvalue weighted by molar-refractivity contribution is 7.90. The van der Waals surface area contributed by atoms with Gasteiger partial charge in [0.1, 0.15) is 0 Å². The Bertz CT molecular complexity index is 2060.